The van der Waals surface area contributed by atoms with Gasteiger partial charge in [-0.05, 0) is 12.5 Å². The van der Waals surface area contributed by atoms with Gasteiger partial charge < -0.3 is 0 Å². The number of carbonyl (C=O) groups excluding carboxylic acids is 1. The van der Waals surface area contributed by atoms with E-state index in [0.717, 1.165) is 25.1 Å². The van der Waals surface area contributed by atoms with Crippen LogP contribution in [-0.2, 0) is 11.0 Å². The van der Waals surface area contributed by atoms with Gasteiger partial charge in [-0.15, -0.1) is 0 Å². The van der Waals surface area contributed by atoms with Crippen LogP contribution in [-0.4, -0.2) is 12.1 Å². The average molecular weight is 272 g/mol. The SMILES string of the molecule is CCCCC(=O)NN=Cc1ccccc1C(F)(F)F. The Kier molecular flexibility index (Phi) is 5.54. The summed E-state index contributed by atoms with van der Waals surface area (Å²) in [5.41, 5.74) is 1.35. The lowest BCUT2D eigenvalue weighted by molar-refractivity contribution is -0.137. The van der Waals surface area contributed by atoms with Crippen molar-refractivity contribution in [2.75, 3.05) is 0 Å². The molecule has 0 aliphatic rings. The predicted octanol–water partition coefficient (Wildman–Crippen LogP) is 3.35. The van der Waals surface area contributed by atoms with Gasteiger partial charge in [0.1, 0.15) is 0 Å². The van der Waals surface area contributed by atoms with Crippen LogP contribution in [0.15, 0.2) is 29.4 Å². The fourth-order valence-electron chi connectivity index (χ4n) is 1.43. The quantitative estimate of drug-likeness (QED) is 0.648. The first-order valence-electron chi connectivity index (χ1n) is 5.93. The van der Waals surface area contributed by atoms with Gasteiger partial charge in [0.2, 0.25) is 5.91 Å². The minimum Gasteiger partial charge on any atom is -0.273 e. The van der Waals surface area contributed by atoms with E-state index in [2.05, 4.69) is 10.5 Å². The molecule has 0 spiro atoms. The molecule has 0 aliphatic heterocycles. The van der Waals surface area contributed by atoms with Crippen molar-refractivity contribution in [2.24, 2.45) is 5.10 Å². The third kappa shape index (κ3) is 5.11. The minimum atomic E-state index is -4.44. The Bertz CT molecular complexity index is 455. The first-order chi connectivity index (χ1) is 8.95. The normalized spacial score (nSPS) is 11.8. The summed E-state index contributed by atoms with van der Waals surface area (Å²) in [5, 5.41) is 3.54. The Morgan fingerprint density at radius 2 is 2.05 bits per heavy atom. The zero-order valence-electron chi connectivity index (χ0n) is 10.5. The van der Waals surface area contributed by atoms with Gasteiger partial charge in [-0.1, -0.05) is 31.5 Å². The fraction of sp³-hybridized carbons (Fsp3) is 0.385. The van der Waals surface area contributed by atoms with E-state index in [0.29, 0.717) is 6.42 Å². The van der Waals surface area contributed by atoms with Gasteiger partial charge in [0, 0.05) is 12.0 Å². The molecule has 19 heavy (non-hydrogen) atoms. The first-order valence-corrected chi connectivity index (χ1v) is 5.93. The topological polar surface area (TPSA) is 41.5 Å². The van der Waals surface area contributed by atoms with E-state index in [-0.39, 0.29) is 11.5 Å². The van der Waals surface area contributed by atoms with Gasteiger partial charge >= 0.3 is 6.18 Å². The summed E-state index contributed by atoms with van der Waals surface area (Å²) in [6.45, 7) is 1.94. The number of halogens is 3. The number of hydrazone groups is 1. The Morgan fingerprint density at radius 3 is 2.68 bits per heavy atom. The second-order valence-electron chi connectivity index (χ2n) is 3.98. The molecule has 3 nitrogen and oxygen atoms in total. The predicted molar refractivity (Wildman–Crippen MR) is 66.7 cm³/mol. The molecule has 1 rings (SSSR count). The average Bonchev–Trinajstić information content (AvgIpc) is 2.35. The number of alkyl halides is 3. The molecule has 0 aliphatic carbocycles. The highest BCUT2D eigenvalue weighted by atomic mass is 19.4. The van der Waals surface area contributed by atoms with Crippen LogP contribution in [0, 0.1) is 0 Å². The molecule has 1 aromatic carbocycles. The number of rotatable bonds is 5. The molecule has 0 unspecified atom stereocenters. The molecule has 0 saturated carbocycles. The summed E-state index contributed by atoms with van der Waals surface area (Å²) in [5.74, 6) is -0.303. The molecule has 0 atom stereocenters. The van der Waals surface area contributed by atoms with Gasteiger partial charge in [0.05, 0.1) is 11.8 Å². The highest BCUT2D eigenvalue weighted by Gasteiger charge is 2.32. The van der Waals surface area contributed by atoms with E-state index in [1.54, 1.807) is 0 Å². The number of unbranched alkanes of at least 4 members (excludes halogenated alkanes) is 1. The molecular formula is C13H15F3N2O. The van der Waals surface area contributed by atoms with Crippen LogP contribution in [0.3, 0.4) is 0 Å². The molecule has 0 fully saturated rings. The number of hydrogen-bond acceptors (Lipinski definition) is 2. The van der Waals surface area contributed by atoms with E-state index >= 15 is 0 Å². The maximum Gasteiger partial charge on any atom is 0.417 e. The molecule has 1 N–H and O–H groups in total. The van der Waals surface area contributed by atoms with Crippen molar-refractivity contribution < 1.29 is 18.0 Å². The van der Waals surface area contributed by atoms with Crippen molar-refractivity contribution in [3.05, 3.63) is 35.4 Å². The Hall–Kier alpha value is -1.85. The molecule has 1 aromatic rings. The van der Waals surface area contributed by atoms with Crippen molar-refractivity contribution >= 4 is 12.1 Å². The highest BCUT2D eigenvalue weighted by Crippen LogP contribution is 2.30. The molecule has 0 radical (unpaired) electrons. The largest absolute Gasteiger partial charge is 0.417 e. The monoisotopic (exact) mass is 272 g/mol. The van der Waals surface area contributed by atoms with Crippen molar-refractivity contribution in [1.82, 2.24) is 5.43 Å². The number of carbonyl (C=O) groups is 1. The maximum absolute atomic E-state index is 12.7. The number of amides is 1. The summed E-state index contributed by atoms with van der Waals surface area (Å²) < 4.78 is 38.0. The van der Waals surface area contributed by atoms with Crippen LogP contribution in [0.1, 0.15) is 37.3 Å². The van der Waals surface area contributed by atoms with E-state index < -0.39 is 11.7 Å². The Morgan fingerprint density at radius 1 is 1.37 bits per heavy atom. The Labute approximate surface area is 109 Å². The number of hydrogen-bond donors (Lipinski definition) is 1. The van der Waals surface area contributed by atoms with Crippen LogP contribution < -0.4 is 5.43 Å². The lowest BCUT2D eigenvalue weighted by atomic mass is 10.1. The summed E-state index contributed by atoms with van der Waals surface area (Å²) in [7, 11) is 0. The standard InChI is InChI=1S/C13H15F3N2O/c1-2-3-8-12(19)18-17-9-10-6-4-5-7-11(10)13(14,15)16/h4-7,9H,2-3,8H2,1H3,(H,18,19). The molecule has 0 saturated heterocycles. The molecule has 0 heterocycles. The van der Waals surface area contributed by atoms with Gasteiger partial charge in [-0.25, -0.2) is 5.43 Å². The second kappa shape index (κ2) is 6.92. The Balaban J connectivity index is 2.70. The lowest BCUT2D eigenvalue weighted by Crippen LogP contribution is -2.17. The molecule has 1 amide bonds. The number of benzene rings is 1. The smallest absolute Gasteiger partial charge is 0.273 e. The molecule has 0 aromatic heterocycles. The second-order valence-corrected chi connectivity index (χ2v) is 3.98. The van der Waals surface area contributed by atoms with E-state index in [4.69, 9.17) is 0 Å². The van der Waals surface area contributed by atoms with Gasteiger partial charge in [-0.3, -0.25) is 4.79 Å². The third-order valence-electron chi connectivity index (χ3n) is 2.42. The molecule has 104 valence electrons. The lowest BCUT2D eigenvalue weighted by Gasteiger charge is -2.09. The number of nitrogens with one attached hydrogen (secondary N) is 1. The minimum absolute atomic E-state index is 0.0780. The highest BCUT2D eigenvalue weighted by molar-refractivity contribution is 5.84. The van der Waals surface area contributed by atoms with Crippen molar-refractivity contribution in [1.29, 1.82) is 0 Å². The molecule has 0 bridgehead atoms. The van der Waals surface area contributed by atoms with Crippen LogP contribution in [0.4, 0.5) is 13.2 Å². The summed E-state index contributed by atoms with van der Waals surface area (Å²) in [6, 6.07) is 5.06. The first kappa shape index (κ1) is 15.2. The summed E-state index contributed by atoms with van der Waals surface area (Å²) >= 11 is 0. The van der Waals surface area contributed by atoms with Crippen LogP contribution in [0.2, 0.25) is 0 Å². The van der Waals surface area contributed by atoms with E-state index in [9.17, 15) is 18.0 Å². The van der Waals surface area contributed by atoms with Gasteiger partial charge in [0.25, 0.3) is 0 Å². The zero-order chi connectivity index (χ0) is 14.3. The van der Waals surface area contributed by atoms with Gasteiger partial charge in [0.15, 0.2) is 0 Å². The van der Waals surface area contributed by atoms with Crippen LogP contribution >= 0.6 is 0 Å². The van der Waals surface area contributed by atoms with Crippen molar-refractivity contribution in [2.45, 2.75) is 32.4 Å². The third-order valence-corrected chi connectivity index (χ3v) is 2.42. The van der Waals surface area contributed by atoms with E-state index in [1.165, 1.54) is 18.2 Å². The van der Waals surface area contributed by atoms with Crippen LogP contribution in [0.5, 0.6) is 0 Å². The van der Waals surface area contributed by atoms with Gasteiger partial charge in [-0.2, -0.15) is 18.3 Å². The van der Waals surface area contributed by atoms with E-state index in [1.807, 2.05) is 6.92 Å². The zero-order valence-corrected chi connectivity index (χ0v) is 10.5. The van der Waals surface area contributed by atoms with Crippen molar-refractivity contribution in [3.63, 3.8) is 0 Å². The van der Waals surface area contributed by atoms with Crippen LogP contribution in [0.25, 0.3) is 0 Å². The number of nitrogens with zero attached hydrogens (tertiary/aromatic N) is 1. The maximum atomic E-state index is 12.7. The summed E-state index contributed by atoms with van der Waals surface area (Å²) in [4.78, 5) is 11.2. The van der Waals surface area contributed by atoms with Crippen molar-refractivity contribution in [3.8, 4) is 0 Å². The molecular weight excluding hydrogens is 257 g/mol. The molecule has 6 heteroatoms. The fourth-order valence-corrected chi connectivity index (χ4v) is 1.43. The summed E-state index contributed by atoms with van der Waals surface area (Å²) in [6.07, 6.45) is -1.52.